The SMILES string of the molecule is CCn1cc(/C=C2\Oc3c(ccc(OC(=O)Cc4cccs4)c3C)C2=O)c2ccccc21. The lowest BCUT2D eigenvalue weighted by Crippen LogP contribution is -2.11. The number of thiophene rings is 1. The standard InChI is InChI=1S/C26H21NO4S/c1-3-27-15-17(19-8-4-5-9-21(19)27)13-23-25(29)20-10-11-22(16(2)26(20)31-23)30-24(28)14-18-7-6-12-32-18/h4-13,15H,3,14H2,1-2H3/b23-13-. The van der Waals surface area contributed by atoms with E-state index in [1.807, 2.05) is 41.9 Å². The van der Waals surface area contributed by atoms with Gasteiger partial charge >= 0.3 is 5.97 Å². The summed E-state index contributed by atoms with van der Waals surface area (Å²) >= 11 is 1.51. The number of aromatic nitrogens is 1. The smallest absolute Gasteiger partial charge is 0.316 e. The van der Waals surface area contributed by atoms with Gasteiger partial charge in [-0.2, -0.15) is 0 Å². The lowest BCUT2D eigenvalue weighted by atomic mass is 10.1. The zero-order valence-corrected chi connectivity index (χ0v) is 18.6. The summed E-state index contributed by atoms with van der Waals surface area (Å²) in [7, 11) is 0. The van der Waals surface area contributed by atoms with Gasteiger partial charge in [-0.15, -0.1) is 11.3 Å². The quantitative estimate of drug-likeness (QED) is 0.222. The minimum Gasteiger partial charge on any atom is -0.452 e. The molecular weight excluding hydrogens is 422 g/mol. The van der Waals surface area contributed by atoms with Crippen molar-refractivity contribution in [1.82, 2.24) is 4.57 Å². The number of allylic oxidation sites excluding steroid dienone is 1. The lowest BCUT2D eigenvalue weighted by molar-refractivity contribution is -0.133. The monoisotopic (exact) mass is 443 g/mol. The van der Waals surface area contributed by atoms with Gasteiger partial charge < -0.3 is 14.0 Å². The molecule has 2 aromatic heterocycles. The van der Waals surface area contributed by atoms with E-state index in [9.17, 15) is 9.59 Å². The maximum Gasteiger partial charge on any atom is 0.316 e. The minimum atomic E-state index is -0.344. The Bertz CT molecular complexity index is 1380. The summed E-state index contributed by atoms with van der Waals surface area (Å²) in [5, 5.41) is 2.99. The summed E-state index contributed by atoms with van der Waals surface area (Å²) in [6.45, 7) is 4.71. The number of Topliss-reactive ketones (excluding diaryl/α,β-unsaturated/α-hetero) is 1. The Morgan fingerprint density at radius 3 is 2.78 bits per heavy atom. The zero-order valence-electron chi connectivity index (χ0n) is 17.8. The van der Waals surface area contributed by atoms with Crippen LogP contribution in [-0.4, -0.2) is 16.3 Å². The molecule has 0 aliphatic carbocycles. The molecule has 0 spiro atoms. The first-order valence-electron chi connectivity index (χ1n) is 10.4. The number of fused-ring (bicyclic) bond motifs is 2. The normalized spacial score (nSPS) is 14.1. The molecule has 1 aliphatic rings. The van der Waals surface area contributed by atoms with Crippen LogP contribution in [0.2, 0.25) is 0 Å². The summed E-state index contributed by atoms with van der Waals surface area (Å²) in [6.07, 6.45) is 4.03. The maximum atomic E-state index is 13.0. The van der Waals surface area contributed by atoms with Gasteiger partial charge in [0.2, 0.25) is 5.78 Å². The first-order valence-corrected chi connectivity index (χ1v) is 11.3. The van der Waals surface area contributed by atoms with Crippen molar-refractivity contribution >= 4 is 40.1 Å². The Hall–Kier alpha value is -3.64. The number of rotatable bonds is 5. The highest BCUT2D eigenvalue weighted by Crippen LogP contribution is 2.40. The summed E-state index contributed by atoms with van der Waals surface area (Å²) in [4.78, 5) is 26.3. The van der Waals surface area contributed by atoms with Crippen LogP contribution in [0.25, 0.3) is 17.0 Å². The second kappa shape index (κ2) is 8.13. The number of carbonyl (C=O) groups is 2. The number of nitrogens with zero attached hydrogens (tertiary/aromatic N) is 1. The van der Waals surface area contributed by atoms with E-state index in [-0.39, 0.29) is 23.9 Å². The van der Waals surface area contributed by atoms with E-state index in [0.717, 1.165) is 27.9 Å². The van der Waals surface area contributed by atoms with Crippen molar-refractivity contribution < 1.29 is 19.1 Å². The van der Waals surface area contributed by atoms with E-state index < -0.39 is 0 Å². The highest BCUT2D eigenvalue weighted by Gasteiger charge is 2.31. The average molecular weight is 444 g/mol. The first kappa shape index (κ1) is 20.3. The van der Waals surface area contributed by atoms with Gasteiger partial charge in [0, 0.05) is 39.6 Å². The van der Waals surface area contributed by atoms with Crippen LogP contribution in [0.15, 0.2) is 65.9 Å². The average Bonchev–Trinajstić information content (AvgIpc) is 3.50. The lowest BCUT2D eigenvalue weighted by Gasteiger charge is -2.09. The number of hydrogen-bond donors (Lipinski definition) is 0. The van der Waals surface area contributed by atoms with Gasteiger partial charge in [0.15, 0.2) is 5.76 Å². The molecule has 1 aliphatic heterocycles. The van der Waals surface area contributed by atoms with E-state index >= 15 is 0 Å². The molecule has 2 aromatic carbocycles. The predicted octanol–water partition coefficient (Wildman–Crippen LogP) is 5.80. The van der Waals surface area contributed by atoms with E-state index in [2.05, 4.69) is 17.6 Å². The fourth-order valence-electron chi connectivity index (χ4n) is 3.99. The van der Waals surface area contributed by atoms with Crippen LogP contribution in [0.4, 0.5) is 0 Å². The van der Waals surface area contributed by atoms with Crippen molar-refractivity contribution in [3.8, 4) is 11.5 Å². The summed E-state index contributed by atoms with van der Waals surface area (Å²) in [5.41, 5.74) is 3.15. The molecule has 0 fully saturated rings. The third-order valence-electron chi connectivity index (χ3n) is 5.61. The second-order valence-electron chi connectivity index (χ2n) is 7.62. The Balaban J connectivity index is 1.44. The van der Waals surface area contributed by atoms with Crippen molar-refractivity contribution in [2.24, 2.45) is 0 Å². The van der Waals surface area contributed by atoms with Crippen LogP contribution < -0.4 is 9.47 Å². The van der Waals surface area contributed by atoms with Crippen molar-refractivity contribution in [3.05, 3.63) is 87.4 Å². The molecule has 0 atom stereocenters. The highest BCUT2D eigenvalue weighted by molar-refractivity contribution is 7.10. The largest absolute Gasteiger partial charge is 0.452 e. The third kappa shape index (κ3) is 3.52. The molecule has 4 aromatic rings. The molecule has 3 heterocycles. The van der Waals surface area contributed by atoms with Gasteiger partial charge in [0.1, 0.15) is 11.5 Å². The number of hydrogen-bond acceptors (Lipinski definition) is 5. The number of aryl methyl sites for hydroxylation is 1. The second-order valence-corrected chi connectivity index (χ2v) is 8.66. The number of ether oxygens (including phenoxy) is 2. The molecule has 5 rings (SSSR count). The molecule has 0 N–H and O–H groups in total. The van der Waals surface area contributed by atoms with E-state index in [0.29, 0.717) is 22.6 Å². The van der Waals surface area contributed by atoms with Gasteiger partial charge in [-0.3, -0.25) is 9.59 Å². The van der Waals surface area contributed by atoms with Crippen LogP contribution in [0.1, 0.15) is 33.3 Å². The van der Waals surface area contributed by atoms with Crippen molar-refractivity contribution in [2.75, 3.05) is 0 Å². The van der Waals surface area contributed by atoms with Crippen LogP contribution in [-0.2, 0) is 17.8 Å². The van der Waals surface area contributed by atoms with Crippen molar-refractivity contribution in [2.45, 2.75) is 26.8 Å². The van der Waals surface area contributed by atoms with E-state index in [1.165, 1.54) is 11.3 Å². The van der Waals surface area contributed by atoms with Crippen LogP contribution >= 0.6 is 11.3 Å². The molecule has 32 heavy (non-hydrogen) atoms. The Morgan fingerprint density at radius 2 is 2.00 bits per heavy atom. The molecular formula is C26H21NO4S. The number of ketones is 1. The first-order chi connectivity index (χ1) is 15.5. The van der Waals surface area contributed by atoms with Gasteiger partial charge in [-0.05, 0) is 49.6 Å². The van der Waals surface area contributed by atoms with E-state index in [1.54, 1.807) is 25.1 Å². The molecule has 0 saturated heterocycles. The van der Waals surface area contributed by atoms with Crippen LogP contribution in [0.5, 0.6) is 11.5 Å². The Labute approximate surface area is 189 Å². The highest BCUT2D eigenvalue weighted by atomic mass is 32.1. The van der Waals surface area contributed by atoms with Crippen LogP contribution in [0, 0.1) is 6.92 Å². The molecule has 6 heteroatoms. The molecule has 0 bridgehead atoms. The molecule has 5 nitrogen and oxygen atoms in total. The predicted molar refractivity (Wildman–Crippen MR) is 125 cm³/mol. The van der Waals surface area contributed by atoms with Crippen molar-refractivity contribution in [1.29, 1.82) is 0 Å². The summed E-state index contributed by atoms with van der Waals surface area (Å²) in [6, 6.07) is 15.2. The molecule has 160 valence electrons. The number of para-hydroxylation sites is 1. The number of carbonyl (C=O) groups excluding carboxylic acids is 2. The molecule has 0 amide bonds. The summed E-state index contributed by atoms with van der Waals surface area (Å²) in [5.74, 6) is 0.601. The molecule has 0 radical (unpaired) electrons. The van der Waals surface area contributed by atoms with Crippen LogP contribution in [0.3, 0.4) is 0 Å². The zero-order chi connectivity index (χ0) is 22.2. The Kier molecular flexibility index (Phi) is 5.15. The maximum absolute atomic E-state index is 13.0. The minimum absolute atomic E-state index is 0.173. The van der Waals surface area contributed by atoms with Gasteiger partial charge in [0.25, 0.3) is 0 Å². The number of esters is 1. The molecule has 0 unspecified atom stereocenters. The van der Waals surface area contributed by atoms with Gasteiger partial charge in [-0.25, -0.2) is 0 Å². The van der Waals surface area contributed by atoms with Gasteiger partial charge in [0.05, 0.1) is 12.0 Å². The topological polar surface area (TPSA) is 57.5 Å². The fraction of sp³-hybridized carbons (Fsp3) is 0.154. The van der Waals surface area contributed by atoms with E-state index in [4.69, 9.17) is 9.47 Å². The molecule has 0 saturated carbocycles. The fourth-order valence-corrected chi connectivity index (χ4v) is 4.68. The number of benzene rings is 2. The Morgan fingerprint density at radius 1 is 1.16 bits per heavy atom. The third-order valence-corrected chi connectivity index (χ3v) is 6.48. The van der Waals surface area contributed by atoms with Crippen molar-refractivity contribution in [3.63, 3.8) is 0 Å². The van der Waals surface area contributed by atoms with Gasteiger partial charge in [-0.1, -0.05) is 24.3 Å². The summed E-state index contributed by atoms with van der Waals surface area (Å²) < 4.78 is 13.7.